The fraction of sp³-hybridized carbons (Fsp3) is 0.0714. The molecule has 2 rings (SSSR count). The number of carbonyl (C=O) groups excluding carboxylic acids is 1. The summed E-state index contributed by atoms with van der Waals surface area (Å²) in [5, 5.41) is 2.41. The van der Waals surface area contributed by atoms with Gasteiger partial charge < -0.3 is 15.8 Å². The van der Waals surface area contributed by atoms with E-state index in [0.717, 1.165) is 6.07 Å². The molecule has 0 saturated heterocycles. The molecule has 0 bridgehead atoms. The van der Waals surface area contributed by atoms with Gasteiger partial charge in [-0.15, -0.1) is 0 Å². The minimum atomic E-state index is -0.576. The van der Waals surface area contributed by atoms with Crippen LogP contribution in [0.4, 0.5) is 15.8 Å². The van der Waals surface area contributed by atoms with Crippen molar-refractivity contribution >= 4 is 17.3 Å². The minimum Gasteiger partial charge on any atom is -0.484 e. The smallest absolute Gasteiger partial charge is 0.262 e. The van der Waals surface area contributed by atoms with Gasteiger partial charge in [-0.2, -0.15) is 0 Å². The first kappa shape index (κ1) is 12.9. The summed E-state index contributed by atoms with van der Waals surface area (Å²) in [6, 6.07) is 13.0. The highest BCUT2D eigenvalue weighted by molar-refractivity contribution is 5.92. The van der Waals surface area contributed by atoms with Crippen LogP contribution in [0.15, 0.2) is 48.5 Å². The molecule has 0 saturated carbocycles. The summed E-state index contributed by atoms with van der Waals surface area (Å²) in [6.45, 7) is -0.187. The molecule has 2 aromatic rings. The predicted octanol–water partition coefficient (Wildman–Crippen LogP) is 2.43. The summed E-state index contributed by atoms with van der Waals surface area (Å²) in [4.78, 5) is 11.6. The van der Waals surface area contributed by atoms with Crippen LogP contribution in [0.1, 0.15) is 0 Å². The Morgan fingerprint density at radius 2 is 1.95 bits per heavy atom. The number of amides is 1. The topological polar surface area (TPSA) is 64.3 Å². The summed E-state index contributed by atoms with van der Waals surface area (Å²) in [7, 11) is 0. The molecule has 0 atom stereocenters. The Morgan fingerprint density at radius 1 is 1.21 bits per heavy atom. The average molecular weight is 260 g/mol. The third-order valence-electron chi connectivity index (χ3n) is 2.38. The minimum absolute atomic E-state index is 0.0795. The number of para-hydroxylation sites is 1. The first-order valence-electron chi connectivity index (χ1n) is 5.68. The number of nitrogen functional groups attached to an aromatic ring is 1. The zero-order valence-corrected chi connectivity index (χ0v) is 10.1. The normalized spacial score (nSPS) is 9.95. The van der Waals surface area contributed by atoms with Crippen molar-refractivity contribution in [3.8, 4) is 5.75 Å². The van der Waals surface area contributed by atoms with E-state index in [2.05, 4.69) is 5.32 Å². The Hall–Kier alpha value is -2.56. The SMILES string of the molecule is Nc1ccc(NC(=O)COc2ccccc2)c(F)c1. The van der Waals surface area contributed by atoms with E-state index in [1.165, 1.54) is 12.1 Å². The van der Waals surface area contributed by atoms with Crippen molar-refractivity contribution in [1.29, 1.82) is 0 Å². The van der Waals surface area contributed by atoms with Crippen molar-refractivity contribution in [2.24, 2.45) is 0 Å². The van der Waals surface area contributed by atoms with Crippen LogP contribution in [0.2, 0.25) is 0 Å². The van der Waals surface area contributed by atoms with Crippen molar-refractivity contribution in [3.63, 3.8) is 0 Å². The maximum atomic E-state index is 13.4. The van der Waals surface area contributed by atoms with E-state index >= 15 is 0 Å². The molecule has 5 heteroatoms. The van der Waals surface area contributed by atoms with Gasteiger partial charge in [-0.1, -0.05) is 18.2 Å². The Kier molecular flexibility index (Phi) is 3.97. The number of carbonyl (C=O) groups is 1. The van der Waals surface area contributed by atoms with Crippen LogP contribution in [-0.4, -0.2) is 12.5 Å². The highest BCUT2D eigenvalue weighted by Gasteiger charge is 2.07. The molecule has 0 unspecified atom stereocenters. The number of hydrogen-bond acceptors (Lipinski definition) is 3. The maximum absolute atomic E-state index is 13.4. The highest BCUT2D eigenvalue weighted by Crippen LogP contribution is 2.16. The van der Waals surface area contributed by atoms with Gasteiger partial charge >= 0.3 is 0 Å². The summed E-state index contributed by atoms with van der Waals surface area (Å²) in [6.07, 6.45) is 0. The summed E-state index contributed by atoms with van der Waals surface area (Å²) >= 11 is 0. The molecule has 0 spiro atoms. The van der Waals surface area contributed by atoms with Crippen molar-refractivity contribution in [2.45, 2.75) is 0 Å². The van der Waals surface area contributed by atoms with Crippen LogP contribution in [0, 0.1) is 5.82 Å². The fourth-order valence-corrected chi connectivity index (χ4v) is 1.48. The Labute approximate surface area is 110 Å². The molecular formula is C14H13FN2O2. The Balaban J connectivity index is 1.91. The van der Waals surface area contributed by atoms with E-state index in [1.54, 1.807) is 24.3 Å². The van der Waals surface area contributed by atoms with Gasteiger partial charge in [0, 0.05) is 5.69 Å². The number of ether oxygens (including phenoxy) is 1. The number of nitrogens with two attached hydrogens (primary N) is 1. The number of hydrogen-bond donors (Lipinski definition) is 2. The van der Waals surface area contributed by atoms with Crippen LogP contribution in [0.25, 0.3) is 0 Å². The van der Waals surface area contributed by atoms with Crippen molar-refractivity contribution in [3.05, 3.63) is 54.3 Å². The van der Waals surface area contributed by atoms with Gasteiger partial charge in [0.25, 0.3) is 5.91 Å². The first-order chi connectivity index (χ1) is 9.15. The van der Waals surface area contributed by atoms with Crippen molar-refractivity contribution in [2.75, 3.05) is 17.7 Å². The number of halogens is 1. The number of anilines is 2. The fourth-order valence-electron chi connectivity index (χ4n) is 1.48. The summed E-state index contributed by atoms with van der Waals surface area (Å²) < 4.78 is 18.7. The molecule has 0 aliphatic heterocycles. The summed E-state index contributed by atoms with van der Waals surface area (Å²) in [5.41, 5.74) is 5.80. The first-order valence-corrected chi connectivity index (χ1v) is 5.68. The average Bonchev–Trinajstić information content (AvgIpc) is 2.41. The van der Waals surface area contributed by atoms with E-state index in [4.69, 9.17) is 10.5 Å². The Bertz CT molecular complexity index is 573. The second-order valence-corrected chi connectivity index (χ2v) is 3.89. The molecule has 0 fully saturated rings. The lowest BCUT2D eigenvalue weighted by Gasteiger charge is -2.08. The lowest BCUT2D eigenvalue weighted by atomic mass is 10.2. The molecular weight excluding hydrogens is 247 g/mol. The second kappa shape index (κ2) is 5.86. The predicted molar refractivity (Wildman–Crippen MR) is 71.4 cm³/mol. The van der Waals surface area contributed by atoms with Gasteiger partial charge in [0.2, 0.25) is 0 Å². The quantitative estimate of drug-likeness (QED) is 0.830. The lowest BCUT2D eigenvalue weighted by Crippen LogP contribution is -2.20. The van der Waals surface area contributed by atoms with Crippen molar-refractivity contribution < 1.29 is 13.9 Å². The van der Waals surface area contributed by atoms with Gasteiger partial charge in [0.1, 0.15) is 11.6 Å². The van der Waals surface area contributed by atoms with Gasteiger partial charge in [-0.3, -0.25) is 4.79 Å². The maximum Gasteiger partial charge on any atom is 0.262 e. The van der Waals surface area contributed by atoms with Crippen LogP contribution in [0.5, 0.6) is 5.75 Å². The molecule has 19 heavy (non-hydrogen) atoms. The van der Waals surface area contributed by atoms with Crippen molar-refractivity contribution in [1.82, 2.24) is 0 Å². The van der Waals surface area contributed by atoms with E-state index in [9.17, 15) is 9.18 Å². The third kappa shape index (κ3) is 3.70. The molecule has 0 aliphatic rings. The van der Waals surface area contributed by atoms with Crippen LogP contribution >= 0.6 is 0 Å². The van der Waals surface area contributed by atoms with Gasteiger partial charge in [-0.05, 0) is 30.3 Å². The molecule has 4 nitrogen and oxygen atoms in total. The monoisotopic (exact) mass is 260 g/mol. The van der Waals surface area contributed by atoms with Gasteiger partial charge in [0.15, 0.2) is 6.61 Å². The number of rotatable bonds is 4. The molecule has 0 radical (unpaired) electrons. The van der Waals surface area contributed by atoms with E-state index in [0.29, 0.717) is 11.4 Å². The molecule has 1 amide bonds. The van der Waals surface area contributed by atoms with Crippen LogP contribution in [0.3, 0.4) is 0 Å². The summed E-state index contributed by atoms with van der Waals surface area (Å²) in [5.74, 6) is -0.434. The van der Waals surface area contributed by atoms with Gasteiger partial charge in [0.05, 0.1) is 5.69 Å². The molecule has 2 aromatic carbocycles. The lowest BCUT2D eigenvalue weighted by molar-refractivity contribution is -0.118. The van der Waals surface area contributed by atoms with E-state index in [-0.39, 0.29) is 12.3 Å². The molecule has 0 aromatic heterocycles. The van der Waals surface area contributed by atoms with Gasteiger partial charge in [-0.25, -0.2) is 4.39 Å². The molecule has 98 valence electrons. The van der Waals surface area contributed by atoms with Crippen LogP contribution in [-0.2, 0) is 4.79 Å². The largest absolute Gasteiger partial charge is 0.484 e. The zero-order valence-electron chi connectivity index (χ0n) is 10.1. The third-order valence-corrected chi connectivity index (χ3v) is 2.38. The Morgan fingerprint density at radius 3 is 2.63 bits per heavy atom. The molecule has 0 aliphatic carbocycles. The standard InChI is InChI=1S/C14H13FN2O2/c15-12-8-10(16)6-7-13(12)17-14(18)9-19-11-4-2-1-3-5-11/h1-8H,9,16H2,(H,17,18). The van der Waals surface area contributed by atoms with E-state index in [1.807, 2.05) is 6.07 Å². The number of benzene rings is 2. The molecule has 0 heterocycles. The number of nitrogens with one attached hydrogen (secondary N) is 1. The highest BCUT2D eigenvalue weighted by atomic mass is 19.1. The molecule has 3 N–H and O–H groups in total. The second-order valence-electron chi connectivity index (χ2n) is 3.89. The van der Waals surface area contributed by atoms with E-state index < -0.39 is 11.7 Å². The zero-order chi connectivity index (χ0) is 13.7. The van der Waals surface area contributed by atoms with Crippen LogP contribution < -0.4 is 15.8 Å².